The van der Waals surface area contributed by atoms with Gasteiger partial charge in [0.25, 0.3) is 0 Å². The topological polar surface area (TPSA) is 17.1 Å². The molecule has 0 aliphatic heterocycles. The largest absolute Gasteiger partial charge is 0.462 e. The van der Waals surface area contributed by atoms with Crippen molar-refractivity contribution < 1.29 is 4.21 Å². The lowest BCUT2D eigenvalue weighted by molar-refractivity contribution is 0.574. The molecule has 1 nitrogen and oxygen atoms in total. The minimum absolute atomic E-state index is 0.264. The lowest BCUT2D eigenvalue weighted by atomic mass is 10.2. The minimum Gasteiger partial charge on any atom is -0.0572 e. The minimum atomic E-state index is 0.264. The fourth-order valence-electron chi connectivity index (χ4n) is 0.111. The van der Waals surface area contributed by atoms with Gasteiger partial charge in [-0.25, -0.2) is 0 Å². The van der Waals surface area contributed by atoms with Gasteiger partial charge in [-0.15, -0.1) is 0 Å². The van der Waals surface area contributed by atoms with E-state index in [-0.39, 0.29) is 5.25 Å². The molecule has 0 heterocycles. The normalized spacial score (nSPS) is 14.3. The molecular weight excluding hydrogens is 108 g/mol. The van der Waals surface area contributed by atoms with Crippen molar-refractivity contribution in [1.29, 1.82) is 0 Å². The summed E-state index contributed by atoms with van der Waals surface area (Å²) in [4.78, 5) is 0. The molecule has 7 heavy (non-hydrogen) atoms. The predicted octanol–water partition coefficient (Wildman–Crippen LogP) is 1.46. The second-order valence-corrected chi connectivity index (χ2v) is 2.98. The summed E-state index contributed by atoms with van der Waals surface area (Å²) in [6.45, 7) is 6.05. The van der Waals surface area contributed by atoms with Gasteiger partial charge in [0.1, 0.15) is 0 Å². The molecule has 2 heteroatoms. The van der Waals surface area contributed by atoms with Crippen molar-refractivity contribution in [2.45, 2.75) is 26.0 Å². The van der Waals surface area contributed by atoms with E-state index in [1.54, 1.807) is 0 Å². The van der Waals surface area contributed by atoms with Gasteiger partial charge < -0.3 is 0 Å². The summed E-state index contributed by atoms with van der Waals surface area (Å²) in [6.07, 6.45) is 0. The van der Waals surface area contributed by atoms with Crippen LogP contribution < -0.4 is 0 Å². The van der Waals surface area contributed by atoms with Crippen molar-refractivity contribution in [3.8, 4) is 0 Å². The molecule has 0 rings (SSSR count). The van der Waals surface area contributed by atoms with Crippen LogP contribution in [0, 0.1) is 5.92 Å². The summed E-state index contributed by atoms with van der Waals surface area (Å²) >= 11 is 0.683. The molecule has 0 N–H and O–H groups in total. The van der Waals surface area contributed by atoms with Crippen LogP contribution in [-0.4, -0.2) is 5.25 Å². The average molecular weight is 119 g/mol. The maximum Gasteiger partial charge on any atom is 0.462 e. The van der Waals surface area contributed by atoms with Crippen molar-refractivity contribution in [3.05, 3.63) is 0 Å². The summed E-state index contributed by atoms with van der Waals surface area (Å²) in [5, 5.41) is 0.264. The van der Waals surface area contributed by atoms with Gasteiger partial charge in [-0.3, -0.25) is 0 Å². The Bertz CT molecular complexity index is 61.1. The first-order valence-electron chi connectivity index (χ1n) is 2.47. The van der Waals surface area contributed by atoms with Crippen molar-refractivity contribution in [1.82, 2.24) is 0 Å². The molecule has 0 aliphatic rings. The Morgan fingerprint density at radius 1 is 1.29 bits per heavy atom. The van der Waals surface area contributed by atoms with Crippen LogP contribution in [0.15, 0.2) is 0 Å². The van der Waals surface area contributed by atoms with E-state index in [0.29, 0.717) is 17.6 Å². The van der Waals surface area contributed by atoms with Gasteiger partial charge in [-0.1, -0.05) is 13.8 Å². The van der Waals surface area contributed by atoms with E-state index in [2.05, 4.69) is 13.8 Å². The van der Waals surface area contributed by atoms with Gasteiger partial charge in [0.05, 0.1) is 0 Å². The predicted molar refractivity (Wildman–Crippen MR) is 32.4 cm³/mol. The highest BCUT2D eigenvalue weighted by Gasteiger charge is 2.17. The average Bonchev–Trinajstić information content (AvgIpc) is 1.65. The van der Waals surface area contributed by atoms with Crippen LogP contribution in [-0.2, 0) is 15.9 Å². The summed E-state index contributed by atoms with van der Waals surface area (Å²) in [7, 11) is 0. The zero-order valence-corrected chi connectivity index (χ0v) is 5.79. The lowest BCUT2D eigenvalue weighted by Gasteiger charge is -1.92. The number of hydrogen-bond donors (Lipinski definition) is 0. The van der Waals surface area contributed by atoms with E-state index in [1.165, 1.54) is 0 Å². The zero-order valence-electron chi connectivity index (χ0n) is 4.97. The van der Waals surface area contributed by atoms with E-state index in [0.717, 1.165) is 0 Å². The van der Waals surface area contributed by atoms with Gasteiger partial charge >= 0.3 is 11.7 Å². The molecule has 1 unspecified atom stereocenters. The quantitative estimate of drug-likeness (QED) is 0.503. The van der Waals surface area contributed by atoms with Crippen LogP contribution in [0.5, 0.6) is 0 Å². The third-order valence-electron chi connectivity index (χ3n) is 1.09. The molecule has 0 aromatic rings. The molecule has 0 aromatic carbocycles. The summed E-state index contributed by atoms with van der Waals surface area (Å²) in [5.41, 5.74) is 0. The molecular formula is C5H11OS+. The molecule has 0 radical (unpaired) electrons. The molecule has 0 spiro atoms. The molecule has 0 aliphatic carbocycles. The van der Waals surface area contributed by atoms with Gasteiger partial charge in [0.2, 0.25) is 5.25 Å². The fourth-order valence-corrected chi connectivity index (χ4v) is 0.333. The SMILES string of the molecule is CC(C)C(C)[S+]=O. The first kappa shape index (κ1) is 7.02. The van der Waals surface area contributed by atoms with Crippen molar-refractivity contribution >= 4 is 11.7 Å². The van der Waals surface area contributed by atoms with Gasteiger partial charge in [0, 0.05) is 10.1 Å². The third-order valence-corrected chi connectivity index (χ3v) is 1.94. The third kappa shape index (κ3) is 2.68. The molecule has 0 bridgehead atoms. The zero-order chi connectivity index (χ0) is 5.86. The highest BCUT2D eigenvalue weighted by Crippen LogP contribution is 2.00. The Morgan fingerprint density at radius 3 is 1.71 bits per heavy atom. The second-order valence-electron chi connectivity index (χ2n) is 2.05. The van der Waals surface area contributed by atoms with Crippen molar-refractivity contribution in [2.75, 3.05) is 0 Å². The van der Waals surface area contributed by atoms with E-state index in [9.17, 15) is 4.21 Å². The van der Waals surface area contributed by atoms with Gasteiger partial charge in [0.15, 0.2) is 0 Å². The Labute approximate surface area is 48.6 Å². The molecule has 0 saturated heterocycles. The molecule has 0 aromatic heterocycles. The van der Waals surface area contributed by atoms with Crippen molar-refractivity contribution in [3.63, 3.8) is 0 Å². The van der Waals surface area contributed by atoms with Gasteiger partial charge in [-0.2, -0.15) is 0 Å². The Hall–Kier alpha value is 0.0200. The first-order valence-corrected chi connectivity index (χ1v) is 3.27. The smallest absolute Gasteiger partial charge is 0.0572 e. The van der Waals surface area contributed by atoms with Crippen LogP contribution in [0.25, 0.3) is 0 Å². The molecule has 0 saturated carbocycles. The van der Waals surface area contributed by atoms with E-state index in [4.69, 9.17) is 0 Å². The Kier molecular flexibility index (Phi) is 3.09. The van der Waals surface area contributed by atoms with Gasteiger partial charge in [-0.05, 0) is 6.92 Å². The van der Waals surface area contributed by atoms with Crippen LogP contribution >= 0.6 is 0 Å². The molecule has 42 valence electrons. The maximum absolute atomic E-state index is 9.99. The Balaban J connectivity index is 3.33. The Morgan fingerprint density at radius 2 is 1.71 bits per heavy atom. The van der Waals surface area contributed by atoms with Crippen LogP contribution in [0.2, 0.25) is 0 Å². The van der Waals surface area contributed by atoms with Crippen LogP contribution in [0.1, 0.15) is 20.8 Å². The van der Waals surface area contributed by atoms with E-state index in [1.807, 2.05) is 6.92 Å². The van der Waals surface area contributed by atoms with Crippen LogP contribution in [0.3, 0.4) is 0 Å². The molecule has 1 atom stereocenters. The maximum atomic E-state index is 9.99. The lowest BCUT2D eigenvalue weighted by Crippen LogP contribution is -2.07. The highest BCUT2D eigenvalue weighted by molar-refractivity contribution is 7.66. The molecule has 0 amide bonds. The van der Waals surface area contributed by atoms with Crippen LogP contribution in [0.4, 0.5) is 0 Å². The molecule has 0 fully saturated rings. The van der Waals surface area contributed by atoms with E-state index < -0.39 is 0 Å². The van der Waals surface area contributed by atoms with Crippen molar-refractivity contribution in [2.24, 2.45) is 5.92 Å². The monoisotopic (exact) mass is 119 g/mol. The number of hydrogen-bond acceptors (Lipinski definition) is 1. The second kappa shape index (κ2) is 3.08. The highest BCUT2D eigenvalue weighted by atomic mass is 32.1. The fraction of sp³-hybridized carbons (Fsp3) is 1.00. The standard InChI is InChI=1S/C5H11OS/c1-4(2)5(3)7-6/h4-5H,1-3H3/q+1. The number of rotatable bonds is 2. The first-order chi connectivity index (χ1) is 3.18. The summed E-state index contributed by atoms with van der Waals surface area (Å²) < 4.78 is 9.99. The summed E-state index contributed by atoms with van der Waals surface area (Å²) in [6, 6.07) is 0. The summed E-state index contributed by atoms with van der Waals surface area (Å²) in [5.74, 6) is 0.516. The van der Waals surface area contributed by atoms with E-state index >= 15 is 0 Å².